The number of rotatable bonds is 2. The summed E-state index contributed by atoms with van der Waals surface area (Å²) in [5.41, 5.74) is 0.182. The van der Waals surface area contributed by atoms with Gasteiger partial charge in [-0.25, -0.2) is 0 Å². The van der Waals surface area contributed by atoms with Crippen LogP contribution in [0.1, 0.15) is 25.7 Å². The maximum atomic E-state index is 12.5. The highest BCUT2D eigenvalue weighted by Crippen LogP contribution is 2.39. The summed E-state index contributed by atoms with van der Waals surface area (Å²) in [6, 6.07) is 7.21. The summed E-state index contributed by atoms with van der Waals surface area (Å²) in [5.74, 6) is 0. The highest BCUT2D eigenvalue weighted by atomic mass is 79.9. The fraction of sp³-hybridized carbons (Fsp3) is 0.231. The van der Waals surface area contributed by atoms with Crippen molar-refractivity contribution in [2.75, 3.05) is 0 Å². The van der Waals surface area contributed by atoms with Crippen molar-refractivity contribution in [1.29, 1.82) is 0 Å². The first-order valence-corrected chi connectivity index (χ1v) is 7.88. The van der Waals surface area contributed by atoms with E-state index in [0.29, 0.717) is 0 Å². The fourth-order valence-electron chi connectivity index (χ4n) is 1.61. The average Bonchev–Trinajstić information content (AvgIpc) is 2.68. The molecule has 0 radical (unpaired) electrons. The number of alkyl halides is 4. The Balaban J connectivity index is 2.27. The van der Waals surface area contributed by atoms with Crippen LogP contribution in [0.2, 0.25) is 0 Å². The van der Waals surface area contributed by atoms with Gasteiger partial charge in [-0.15, -0.1) is 11.3 Å². The van der Waals surface area contributed by atoms with Gasteiger partial charge in [-0.05, 0) is 46.6 Å². The van der Waals surface area contributed by atoms with Crippen molar-refractivity contribution < 1.29 is 13.2 Å². The summed E-state index contributed by atoms with van der Waals surface area (Å²) in [6.45, 7) is 1.99. The minimum absolute atomic E-state index is 0.0928. The van der Waals surface area contributed by atoms with Crippen molar-refractivity contribution in [1.82, 2.24) is 0 Å². The van der Waals surface area contributed by atoms with E-state index >= 15 is 0 Å². The molecule has 2 aromatic rings. The van der Waals surface area contributed by atoms with E-state index in [0.717, 1.165) is 31.9 Å². The van der Waals surface area contributed by atoms with E-state index < -0.39 is 11.7 Å². The molecule has 0 aliphatic rings. The topological polar surface area (TPSA) is 0 Å². The summed E-state index contributed by atoms with van der Waals surface area (Å²) >= 11 is 8.57. The molecule has 1 aromatic heterocycles. The molecular formula is C13H9Br2F3S. The molecule has 0 aliphatic carbocycles. The Labute approximate surface area is 129 Å². The molecule has 0 nitrogen and oxygen atoms in total. The van der Waals surface area contributed by atoms with Crippen molar-refractivity contribution in [2.24, 2.45) is 0 Å². The number of aryl methyl sites for hydroxylation is 1. The van der Waals surface area contributed by atoms with E-state index in [1.165, 1.54) is 12.1 Å². The van der Waals surface area contributed by atoms with Crippen LogP contribution in [-0.2, 0) is 6.18 Å². The maximum Gasteiger partial charge on any atom is 0.416 e. The lowest BCUT2D eigenvalue weighted by Gasteiger charge is -2.10. The van der Waals surface area contributed by atoms with E-state index in [2.05, 4.69) is 31.9 Å². The van der Waals surface area contributed by atoms with Gasteiger partial charge in [-0.3, -0.25) is 0 Å². The van der Waals surface area contributed by atoms with E-state index in [1.807, 2.05) is 13.0 Å². The van der Waals surface area contributed by atoms with Gasteiger partial charge in [0.05, 0.1) is 10.4 Å². The minimum atomic E-state index is -4.29. The smallest absolute Gasteiger partial charge is 0.166 e. The Kier molecular flexibility index (Phi) is 4.42. The Morgan fingerprint density at radius 3 is 2.16 bits per heavy atom. The van der Waals surface area contributed by atoms with Crippen LogP contribution in [0.3, 0.4) is 0 Å². The van der Waals surface area contributed by atoms with Crippen LogP contribution in [0.15, 0.2) is 34.8 Å². The van der Waals surface area contributed by atoms with Crippen molar-refractivity contribution in [3.05, 3.63) is 55.7 Å². The molecule has 6 heteroatoms. The molecular weight excluding hydrogens is 405 g/mol. The Bertz CT molecular complexity index is 553. The van der Waals surface area contributed by atoms with Gasteiger partial charge in [0.25, 0.3) is 0 Å². The highest BCUT2D eigenvalue weighted by Gasteiger charge is 2.30. The molecule has 1 unspecified atom stereocenters. The quantitative estimate of drug-likeness (QED) is 0.505. The van der Waals surface area contributed by atoms with Crippen LogP contribution in [-0.4, -0.2) is 0 Å². The second kappa shape index (κ2) is 5.58. The zero-order chi connectivity index (χ0) is 14.2. The van der Waals surface area contributed by atoms with Crippen molar-refractivity contribution >= 4 is 43.2 Å². The number of benzene rings is 1. The third-order valence-electron chi connectivity index (χ3n) is 2.66. The van der Waals surface area contributed by atoms with E-state index in [1.54, 1.807) is 11.3 Å². The lowest BCUT2D eigenvalue weighted by atomic mass is 10.1. The molecule has 0 saturated carbocycles. The van der Waals surface area contributed by atoms with Crippen LogP contribution in [0.4, 0.5) is 13.2 Å². The van der Waals surface area contributed by atoms with Crippen LogP contribution in [0.5, 0.6) is 0 Å². The third kappa shape index (κ3) is 3.41. The molecule has 19 heavy (non-hydrogen) atoms. The number of halogens is 5. The van der Waals surface area contributed by atoms with Gasteiger partial charge in [-0.1, -0.05) is 28.1 Å². The zero-order valence-corrected chi connectivity index (χ0v) is 13.8. The molecule has 0 N–H and O–H groups in total. The van der Waals surface area contributed by atoms with Gasteiger partial charge in [-0.2, -0.15) is 13.2 Å². The van der Waals surface area contributed by atoms with Gasteiger partial charge >= 0.3 is 6.18 Å². The average molecular weight is 414 g/mol. The maximum absolute atomic E-state index is 12.5. The van der Waals surface area contributed by atoms with Crippen molar-refractivity contribution in [2.45, 2.75) is 17.9 Å². The third-order valence-corrected chi connectivity index (χ3v) is 6.18. The van der Waals surface area contributed by atoms with Gasteiger partial charge in [0.15, 0.2) is 0 Å². The van der Waals surface area contributed by atoms with E-state index in [4.69, 9.17) is 0 Å². The Hall–Kier alpha value is -0.330. The Morgan fingerprint density at radius 2 is 1.74 bits per heavy atom. The van der Waals surface area contributed by atoms with Crippen LogP contribution in [0.25, 0.3) is 0 Å². The van der Waals surface area contributed by atoms with Crippen molar-refractivity contribution in [3.8, 4) is 0 Å². The van der Waals surface area contributed by atoms with Gasteiger partial charge < -0.3 is 0 Å². The lowest BCUT2D eigenvalue weighted by molar-refractivity contribution is -0.137. The molecule has 0 amide bonds. The van der Waals surface area contributed by atoms with E-state index in [-0.39, 0.29) is 4.83 Å². The van der Waals surface area contributed by atoms with E-state index in [9.17, 15) is 13.2 Å². The second-order valence-electron chi connectivity index (χ2n) is 4.04. The lowest BCUT2D eigenvalue weighted by Crippen LogP contribution is -2.04. The first-order chi connectivity index (χ1) is 8.79. The van der Waals surface area contributed by atoms with Crippen LogP contribution in [0, 0.1) is 6.92 Å². The molecule has 2 rings (SSSR count). The number of hydrogen-bond donors (Lipinski definition) is 0. The van der Waals surface area contributed by atoms with Gasteiger partial charge in [0.1, 0.15) is 0 Å². The predicted octanol–water partition coefficient (Wildman–Crippen LogP) is 6.32. The molecule has 1 atom stereocenters. The molecule has 0 spiro atoms. The largest absolute Gasteiger partial charge is 0.416 e. The normalized spacial score (nSPS) is 13.6. The summed E-state index contributed by atoms with van der Waals surface area (Å²) in [4.78, 5) is 2.11. The molecule has 0 bridgehead atoms. The molecule has 0 saturated heterocycles. The van der Waals surface area contributed by atoms with Gasteiger partial charge in [0, 0.05) is 14.2 Å². The molecule has 0 aliphatic heterocycles. The van der Waals surface area contributed by atoms with Gasteiger partial charge in [0.2, 0.25) is 0 Å². The predicted molar refractivity (Wildman–Crippen MR) is 79.0 cm³/mol. The summed E-state index contributed by atoms with van der Waals surface area (Å²) < 4.78 is 38.5. The highest BCUT2D eigenvalue weighted by molar-refractivity contribution is 9.10. The summed E-state index contributed by atoms with van der Waals surface area (Å²) in [7, 11) is 0. The van der Waals surface area contributed by atoms with Crippen LogP contribution < -0.4 is 0 Å². The fourth-order valence-corrected chi connectivity index (χ4v) is 3.90. The van der Waals surface area contributed by atoms with Crippen molar-refractivity contribution in [3.63, 3.8) is 0 Å². The second-order valence-corrected chi connectivity index (χ2v) is 7.09. The first-order valence-electron chi connectivity index (χ1n) is 5.36. The van der Waals surface area contributed by atoms with Crippen LogP contribution >= 0.6 is 43.2 Å². The first kappa shape index (κ1) is 15.1. The minimum Gasteiger partial charge on any atom is -0.166 e. The molecule has 1 heterocycles. The monoisotopic (exact) mass is 412 g/mol. The summed E-state index contributed by atoms with van der Waals surface area (Å²) in [6.07, 6.45) is -4.29. The Morgan fingerprint density at radius 1 is 1.16 bits per heavy atom. The zero-order valence-electron chi connectivity index (χ0n) is 9.76. The standard InChI is InChI=1S/C13H9Br2F3S/c1-7-10(14)6-11(19-7)12(15)8-2-4-9(5-3-8)13(16,17)18/h2-6,12H,1H3. The number of hydrogen-bond acceptors (Lipinski definition) is 1. The molecule has 1 aromatic carbocycles. The SMILES string of the molecule is Cc1sc(C(Br)c2ccc(C(F)(F)F)cc2)cc1Br. The number of thiophene rings is 1. The molecule has 102 valence electrons. The molecule has 0 fully saturated rings. The summed E-state index contributed by atoms with van der Waals surface area (Å²) in [5, 5.41) is 0.